The molecule has 5 N–H and O–H groups in total. The predicted octanol–water partition coefficient (Wildman–Crippen LogP) is 2.74. The minimum absolute atomic E-state index is 0.0278. The summed E-state index contributed by atoms with van der Waals surface area (Å²) < 4.78 is 26.3. The average molecular weight is 572 g/mol. The van der Waals surface area contributed by atoms with E-state index in [-0.39, 0.29) is 18.8 Å². The maximum absolute atomic E-state index is 13.2. The lowest BCUT2D eigenvalue weighted by Gasteiger charge is -2.43. The van der Waals surface area contributed by atoms with Crippen molar-refractivity contribution in [1.82, 2.24) is 20.9 Å². The second kappa shape index (κ2) is 9.98. The van der Waals surface area contributed by atoms with Crippen molar-refractivity contribution in [3.63, 3.8) is 0 Å². The molecule has 2 fully saturated rings. The van der Waals surface area contributed by atoms with E-state index in [2.05, 4.69) is 20.9 Å². The van der Waals surface area contributed by atoms with Crippen LogP contribution >= 0.6 is 10.6 Å². The molecule has 2 unspecified atom stereocenters. The number of benzene rings is 2. The molecular formula is C27H33N5O7S. The fourth-order valence-electron chi connectivity index (χ4n) is 5.20. The number of urea groups is 1. The second-order valence-electron chi connectivity index (χ2n) is 11.2. The number of rotatable bonds is 4. The number of carbonyl (C=O) groups excluding carboxylic acids is 4. The molecule has 0 radical (unpaired) electrons. The maximum atomic E-state index is 13.2. The van der Waals surface area contributed by atoms with E-state index in [1.54, 1.807) is 45.0 Å². The van der Waals surface area contributed by atoms with Crippen LogP contribution in [-0.2, 0) is 16.1 Å². The van der Waals surface area contributed by atoms with Gasteiger partial charge in [-0.3, -0.25) is 24.0 Å². The molecule has 5 amide bonds. The molecule has 0 saturated carbocycles. The van der Waals surface area contributed by atoms with Gasteiger partial charge in [0.05, 0.1) is 28.9 Å². The Kier molecular flexibility index (Phi) is 6.92. The molecule has 3 heterocycles. The molecule has 1 spiro atoms. The van der Waals surface area contributed by atoms with E-state index in [0.29, 0.717) is 23.5 Å². The summed E-state index contributed by atoms with van der Waals surface area (Å²) in [5, 5.41) is 7.63. The molecule has 2 aromatic rings. The van der Waals surface area contributed by atoms with Crippen LogP contribution in [0.5, 0.6) is 0 Å². The molecule has 5 rings (SSSR count). The monoisotopic (exact) mass is 571 g/mol. The first-order chi connectivity index (χ1) is 18.8. The number of nitrogens with zero attached hydrogens (tertiary/aromatic N) is 2. The van der Waals surface area contributed by atoms with Crippen LogP contribution in [0.25, 0.3) is 0 Å². The third-order valence-corrected chi connectivity index (χ3v) is 8.96. The number of hydrogen-bond donors (Lipinski definition) is 5. The van der Waals surface area contributed by atoms with E-state index in [1.165, 1.54) is 4.90 Å². The molecule has 3 aliphatic rings. The zero-order valence-electron chi connectivity index (χ0n) is 22.5. The molecule has 40 heavy (non-hydrogen) atoms. The van der Waals surface area contributed by atoms with Gasteiger partial charge in [0, 0.05) is 25.2 Å². The van der Waals surface area contributed by atoms with Crippen LogP contribution in [0.3, 0.4) is 0 Å². The number of likely N-dealkylation sites (tertiary alicyclic amines) is 1. The second-order valence-corrected chi connectivity index (χ2v) is 13.4. The molecule has 12 nitrogen and oxygen atoms in total. The van der Waals surface area contributed by atoms with Crippen LogP contribution < -0.4 is 20.9 Å². The van der Waals surface area contributed by atoms with Crippen LogP contribution in [0.2, 0.25) is 0 Å². The van der Waals surface area contributed by atoms with Crippen LogP contribution in [-0.4, -0.2) is 80.5 Å². The molecule has 0 bridgehead atoms. The lowest BCUT2D eigenvalue weighted by molar-refractivity contribution is -0.124. The minimum atomic E-state index is -2.81. The van der Waals surface area contributed by atoms with Gasteiger partial charge in [0.15, 0.2) is 5.54 Å². The first-order valence-electron chi connectivity index (χ1n) is 12.9. The van der Waals surface area contributed by atoms with E-state index < -0.39 is 51.7 Å². The summed E-state index contributed by atoms with van der Waals surface area (Å²) in [6.07, 6.45) is -0.651. The van der Waals surface area contributed by atoms with Crippen LogP contribution in [0.4, 0.5) is 15.3 Å². The number of para-hydroxylation sites is 1. The number of amides is 5. The van der Waals surface area contributed by atoms with E-state index in [1.807, 2.05) is 24.3 Å². The largest absolute Gasteiger partial charge is 0.444 e. The van der Waals surface area contributed by atoms with E-state index in [0.717, 1.165) is 11.3 Å². The van der Waals surface area contributed by atoms with E-state index >= 15 is 0 Å². The van der Waals surface area contributed by atoms with Gasteiger partial charge in [-0.1, -0.05) is 24.3 Å². The van der Waals surface area contributed by atoms with Gasteiger partial charge >= 0.3 is 12.1 Å². The lowest BCUT2D eigenvalue weighted by atomic mass is 9.93. The van der Waals surface area contributed by atoms with Gasteiger partial charge in [0.2, 0.25) is 0 Å². The zero-order valence-corrected chi connectivity index (χ0v) is 23.3. The molecule has 214 valence electrons. The normalized spacial score (nSPS) is 24.3. The molecular weight excluding hydrogens is 538 g/mol. The van der Waals surface area contributed by atoms with Crippen molar-refractivity contribution in [2.45, 2.75) is 49.4 Å². The standard InChI is InChI=1S/C27H33N5O7S/c1-26(2,3)39-25(36)32-15-21(27(16-32)23(34)29-24(35)30-27)28-22(33)18-10-8-17(9-11-18)14-31-12-13-40(37,38)20-7-5-4-6-19(20)31/h4-11,21,37-38H,12-16H2,1-3H3,(H,28,33)(H2,29,30,34,35). The Morgan fingerprint density at radius 2 is 1.82 bits per heavy atom. The number of fused-ring (bicyclic) bond motifs is 1. The predicted molar refractivity (Wildman–Crippen MR) is 148 cm³/mol. The van der Waals surface area contributed by atoms with Crippen molar-refractivity contribution in [3.8, 4) is 0 Å². The minimum Gasteiger partial charge on any atom is -0.444 e. The van der Waals surface area contributed by atoms with Gasteiger partial charge in [-0.2, -0.15) is 10.6 Å². The Hall–Kier alpha value is -3.81. The van der Waals surface area contributed by atoms with Gasteiger partial charge < -0.3 is 25.2 Å². The molecule has 2 aromatic carbocycles. The number of imide groups is 1. The third-order valence-electron chi connectivity index (χ3n) is 7.16. The summed E-state index contributed by atoms with van der Waals surface area (Å²) in [7, 11) is -2.81. The summed E-state index contributed by atoms with van der Waals surface area (Å²) in [5.74, 6) is -0.839. The Morgan fingerprint density at radius 1 is 1.12 bits per heavy atom. The quantitative estimate of drug-likeness (QED) is 0.350. The van der Waals surface area contributed by atoms with Gasteiger partial charge in [0.25, 0.3) is 11.8 Å². The SMILES string of the molecule is CC(C)(C)OC(=O)N1CC(NC(=O)c2ccc(CN3CCS(O)(O)c4ccccc43)cc2)C2(C1)NC(=O)NC2=O. The summed E-state index contributed by atoms with van der Waals surface area (Å²) in [4.78, 5) is 54.6. The van der Waals surface area contributed by atoms with Crippen LogP contribution in [0.1, 0.15) is 36.7 Å². The first-order valence-corrected chi connectivity index (χ1v) is 14.6. The van der Waals surface area contributed by atoms with Crippen molar-refractivity contribution in [3.05, 3.63) is 59.7 Å². The number of ether oxygens (including phenoxy) is 1. The highest BCUT2D eigenvalue weighted by molar-refractivity contribution is 8.24. The number of nitrogens with one attached hydrogen (secondary N) is 3. The molecule has 2 atom stereocenters. The summed E-state index contributed by atoms with van der Waals surface area (Å²) >= 11 is 0. The average Bonchev–Trinajstić information content (AvgIpc) is 3.38. The maximum Gasteiger partial charge on any atom is 0.410 e. The number of hydrogen-bond acceptors (Lipinski definition) is 8. The smallest absolute Gasteiger partial charge is 0.410 e. The molecule has 3 aliphatic heterocycles. The number of carbonyl (C=O) groups is 4. The van der Waals surface area contributed by atoms with Crippen LogP contribution in [0, 0.1) is 0 Å². The Morgan fingerprint density at radius 3 is 2.48 bits per heavy atom. The van der Waals surface area contributed by atoms with Gasteiger partial charge in [0.1, 0.15) is 5.60 Å². The van der Waals surface area contributed by atoms with Gasteiger partial charge in [-0.15, -0.1) is 0 Å². The highest BCUT2D eigenvalue weighted by Gasteiger charge is 2.59. The fraction of sp³-hybridized carbons (Fsp3) is 0.407. The first kappa shape index (κ1) is 27.7. The van der Waals surface area contributed by atoms with E-state index in [9.17, 15) is 28.3 Å². The molecule has 0 aromatic heterocycles. The topological polar surface area (TPSA) is 161 Å². The Labute approximate surface area is 233 Å². The van der Waals surface area contributed by atoms with Gasteiger partial charge in [-0.25, -0.2) is 9.59 Å². The lowest BCUT2D eigenvalue weighted by Crippen LogP contribution is -2.62. The highest BCUT2D eigenvalue weighted by atomic mass is 32.3. The summed E-state index contributed by atoms with van der Waals surface area (Å²) in [5.41, 5.74) is -0.241. The van der Waals surface area contributed by atoms with Crippen molar-refractivity contribution in [1.29, 1.82) is 0 Å². The Balaban J connectivity index is 1.29. The highest BCUT2D eigenvalue weighted by Crippen LogP contribution is 2.55. The van der Waals surface area contributed by atoms with Crippen LogP contribution in [0.15, 0.2) is 53.4 Å². The Bertz CT molecular complexity index is 1360. The molecule has 13 heteroatoms. The van der Waals surface area contributed by atoms with Crippen molar-refractivity contribution in [2.24, 2.45) is 0 Å². The van der Waals surface area contributed by atoms with Crippen molar-refractivity contribution < 1.29 is 33.0 Å². The number of anilines is 1. The molecule has 0 aliphatic carbocycles. The van der Waals surface area contributed by atoms with E-state index in [4.69, 9.17) is 4.74 Å². The zero-order chi connectivity index (χ0) is 28.9. The summed E-state index contributed by atoms with van der Waals surface area (Å²) in [6.45, 7) is 5.99. The molecule has 2 saturated heterocycles. The fourth-order valence-corrected chi connectivity index (χ4v) is 6.72. The summed E-state index contributed by atoms with van der Waals surface area (Å²) in [6, 6.07) is 12.6. The third kappa shape index (κ3) is 5.31. The van der Waals surface area contributed by atoms with Crippen molar-refractivity contribution >= 4 is 40.2 Å². The van der Waals surface area contributed by atoms with Gasteiger partial charge in [-0.05, 0) is 50.6 Å². The van der Waals surface area contributed by atoms with Crippen molar-refractivity contribution in [2.75, 3.05) is 30.3 Å².